The summed E-state index contributed by atoms with van der Waals surface area (Å²) in [7, 11) is 0. The van der Waals surface area contributed by atoms with Crippen molar-refractivity contribution in [2.45, 2.75) is 32.2 Å². The molecule has 0 bridgehead atoms. The van der Waals surface area contributed by atoms with Crippen molar-refractivity contribution in [2.75, 3.05) is 5.32 Å². The Kier molecular flexibility index (Phi) is 7.79. The van der Waals surface area contributed by atoms with Crippen LogP contribution in [-0.4, -0.2) is 32.2 Å². The third kappa shape index (κ3) is 7.55. The first kappa shape index (κ1) is 24.7. The summed E-state index contributed by atoms with van der Waals surface area (Å²) in [6, 6.07) is 12.9. The molecule has 2 aromatic carbocycles. The normalized spacial score (nSPS) is 11.6. The molecule has 2 heterocycles. The van der Waals surface area contributed by atoms with Crippen LogP contribution < -0.4 is 10.1 Å². The minimum absolute atomic E-state index is 0.0979. The van der Waals surface area contributed by atoms with Crippen LogP contribution >= 0.6 is 0 Å². The van der Waals surface area contributed by atoms with Crippen molar-refractivity contribution in [2.24, 2.45) is 0 Å². The van der Waals surface area contributed by atoms with Gasteiger partial charge in [0.05, 0.1) is 6.20 Å². The summed E-state index contributed by atoms with van der Waals surface area (Å²) < 4.78 is 47.6. The molecule has 186 valence electrons. The molecule has 0 aliphatic carbocycles. The molecule has 11 heteroatoms. The van der Waals surface area contributed by atoms with Gasteiger partial charge >= 0.3 is 6.36 Å². The Morgan fingerprint density at radius 2 is 1.83 bits per heavy atom. The van der Waals surface area contributed by atoms with Crippen molar-refractivity contribution in [3.8, 4) is 5.75 Å². The summed E-state index contributed by atoms with van der Waals surface area (Å²) >= 11 is 0. The van der Waals surface area contributed by atoms with E-state index in [-0.39, 0.29) is 17.3 Å². The second kappa shape index (κ2) is 11.3. The highest BCUT2D eigenvalue weighted by Crippen LogP contribution is 2.23. The first-order valence-electron chi connectivity index (χ1n) is 11.1. The molecule has 0 radical (unpaired) electrons. The van der Waals surface area contributed by atoms with Gasteiger partial charge in [-0.25, -0.2) is 4.98 Å². The second-order valence-electron chi connectivity index (χ2n) is 7.80. The second-order valence-corrected chi connectivity index (χ2v) is 7.80. The van der Waals surface area contributed by atoms with Gasteiger partial charge in [-0.15, -0.1) is 18.3 Å². The van der Waals surface area contributed by atoms with Gasteiger partial charge in [0, 0.05) is 24.5 Å². The van der Waals surface area contributed by atoms with Gasteiger partial charge in [0.15, 0.2) is 5.69 Å². The van der Waals surface area contributed by atoms with Crippen LogP contribution in [-0.2, 0) is 13.0 Å². The molecule has 1 N–H and O–H groups in total. The van der Waals surface area contributed by atoms with Crippen LogP contribution in [0, 0.1) is 0 Å². The molecule has 0 fully saturated rings. The van der Waals surface area contributed by atoms with Crippen LogP contribution in [0.1, 0.15) is 40.3 Å². The van der Waals surface area contributed by atoms with E-state index in [2.05, 4.69) is 25.3 Å². The van der Waals surface area contributed by atoms with Gasteiger partial charge in [0.25, 0.3) is 5.91 Å². The van der Waals surface area contributed by atoms with Gasteiger partial charge in [-0.1, -0.05) is 29.5 Å². The molecule has 4 rings (SSSR count). The lowest BCUT2D eigenvalue weighted by Crippen LogP contribution is -2.16. The summed E-state index contributed by atoms with van der Waals surface area (Å²) in [6.07, 6.45) is 6.00. The van der Waals surface area contributed by atoms with E-state index in [1.165, 1.54) is 42.2 Å². The van der Waals surface area contributed by atoms with Crippen LogP contribution in [0.3, 0.4) is 0 Å². The Bertz CT molecular complexity index is 1280. The van der Waals surface area contributed by atoms with E-state index in [0.29, 0.717) is 11.3 Å². The number of oxazole rings is 1. The SMILES string of the molecule is O=C(Nc1ccc(CCCCn2ccnn2)cc1)c1coc(C=Cc2ccc(OC(F)(F)F)cc2)n1. The number of alkyl halides is 3. The number of nitrogens with one attached hydrogen (secondary N) is 1. The monoisotopic (exact) mass is 497 g/mol. The molecule has 0 saturated heterocycles. The average Bonchev–Trinajstić information content (AvgIpc) is 3.54. The fraction of sp³-hybridized carbons (Fsp3) is 0.200. The number of halogens is 3. The molecule has 1 amide bonds. The molecule has 0 spiro atoms. The molecular formula is C25H22F3N5O3. The molecule has 8 nitrogen and oxygen atoms in total. The number of amides is 1. The number of aryl methyl sites for hydroxylation is 2. The standard InChI is InChI=1S/C25H22F3N5O3/c26-25(27,28)36-21-11-6-19(7-12-21)8-13-23-31-22(17-35-23)24(34)30-20-9-4-18(5-10-20)3-1-2-15-33-16-14-29-32-33/h4-14,16-17H,1-3,15H2,(H,30,34). The number of benzene rings is 2. The number of nitrogens with zero attached hydrogens (tertiary/aromatic N) is 4. The zero-order valence-corrected chi connectivity index (χ0v) is 19.0. The molecule has 0 atom stereocenters. The summed E-state index contributed by atoms with van der Waals surface area (Å²) in [5.41, 5.74) is 2.50. The highest BCUT2D eigenvalue weighted by atomic mass is 19.4. The lowest BCUT2D eigenvalue weighted by atomic mass is 10.1. The molecule has 0 aliphatic heterocycles. The van der Waals surface area contributed by atoms with Crippen LogP contribution in [0.15, 0.2) is 71.6 Å². The topological polar surface area (TPSA) is 95.1 Å². The molecule has 0 unspecified atom stereocenters. The van der Waals surface area contributed by atoms with Gasteiger partial charge in [0.1, 0.15) is 12.0 Å². The van der Waals surface area contributed by atoms with E-state index in [4.69, 9.17) is 4.42 Å². The number of ether oxygens (including phenoxy) is 1. The third-order valence-electron chi connectivity index (χ3n) is 5.07. The van der Waals surface area contributed by atoms with Gasteiger partial charge in [0.2, 0.25) is 5.89 Å². The lowest BCUT2D eigenvalue weighted by molar-refractivity contribution is -0.274. The maximum absolute atomic E-state index is 12.5. The number of aromatic nitrogens is 4. The predicted octanol–water partition coefficient (Wildman–Crippen LogP) is 5.61. The lowest BCUT2D eigenvalue weighted by Gasteiger charge is -2.08. The molecule has 0 aliphatic rings. The van der Waals surface area contributed by atoms with Crippen molar-refractivity contribution in [3.63, 3.8) is 0 Å². The van der Waals surface area contributed by atoms with E-state index >= 15 is 0 Å². The Labute approximate surface area is 204 Å². The number of unbranched alkanes of at least 4 members (excludes halogenated alkanes) is 1. The number of carbonyl (C=O) groups is 1. The predicted molar refractivity (Wildman–Crippen MR) is 126 cm³/mol. The van der Waals surface area contributed by atoms with E-state index in [1.807, 2.05) is 30.5 Å². The number of carbonyl (C=O) groups excluding carboxylic acids is 1. The van der Waals surface area contributed by atoms with Crippen LogP contribution in [0.2, 0.25) is 0 Å². The fourth-order valence-electron chi connectivity index (χ4n) is 3.32. The number of rotatable bonds is 10. The molecular weight excluding hydrogens is 475 g/mol. The first-order valence-corrected chi connectivity index (χ1v) is 11.1. The zero-order chi connectivity index (χ0) is 25.4. The average molecular weight is 497 g/mol. The van der Waals surface area contributed by atoms with E-state index in [9.17, 15) is 18.0 Å². The molecule has 0 saturated carbocycles. The smallest absolute Gasteiger partial charge is 0.444 e. The van der Waals surface area contributed by atoms with Crippen LogP contribution in [0.5, 0.6) is 5.75 Å². The largest absolute Gasteiger partial charge is 0.573 e. The summed E-state index contributed by atoms with van der Waals surface area (Å²) in [5.74, 6) is -0.560. The van der Waals surface area contributed by atoms with E-state index in [1.54, 1.807) is 17.0 Å². The molecule has 36 heavy (non-hydrogen) atoms. The highest BCUT2D eigenvalue weighted by molar-refractivity contribution is 6.02. The summed E-state index contributed by atoms with van der Waals surface area (Å²) in [6.45, 7) is 0.826. The fourth-order valence-corrected chi connectivity index (χ4v) is 3.32. The minimum atomic E-state index is -4.74. The van der Waals surface area contributed by atoms with Gasteiger partial charge < -0.3 is 14.5 Å². The molecule has 2 aromatic heterocycles. The van der Waals surface area contributed by atoms with Crippen molar-refractivity contribution in [1.29, 1.82) is 0 Å². The van der Waals surface area contributed by atoms with Crippen molar-refractivity contribution in [3.05, 3.63) is 89.9 Å². The first-order chi connectivity index (χ1) is 17.3. The number of hydrogen-bond donors (Lipinski definition) is 1. The van der Waals surface area contributed by atoms with Crippen molar-refractivity contribution >= 4 is 23.7 Å². The van der Waals surface area contributed by atoms with Crippen molar-refractivity contribution in [1.82, 2.24) is 20.0 Å². The summed E-state index contributed by atoms with van der Waals surface area (Å²) in [5, 5.41) is 10.5. The van der Waals surface area contributed by atoms with Crippen LogP contribution in [0.4, 0.5) is 18.9 Å². The number of hydrogen-bond acceptors (Lipinski definition) is 6. The van der Waals surface area contributed by atoms with E-state index < -0.39 is 12.3 Å². The maximum Gasteiger partial charge on any atom is 0.573 e. The highest BCUT2D eigenvalue weighted by Gasteiger charge is 2.30. The van der Waals surface area contributed by atoms with Gasteiger partial charge in [-0.2, -0.15) is 0 Å². The van der Waals surface area contributed by atoms with Gasteiger partial charge in [-0.05, 0) is 60.7 Å². The van der Waals surface area contributed by atoms with E-state index in [0.717, 1.165) is 25.8 Å². The van der Waals surface area contributed by atoms with Crippen molar-refractivity contribution < 1.29 is 27.1 Å². The summed E-state index contributed by atoms with van der Waals surface area (Å²) in [4.78, 5) is 16.6. The molecule has 4 aromatic rings. The Balaban J connectivity index is 1.25. The zero-order valence-electron chi connectivity index (χ0n) is 19.0. The third-order valence-corrected chi connectivity index (χ3v) is 5.07. The quantitative estimate of drug-likeness (QED) is 0.286. The van der Waals surface area contributed by atoms with Crippen LogP contribution in [0.25, 0.3) is 12.2 Å². The Morgan fingerprint density at radius 3 is 2.53 bits per heavy atom. The minimum Gasteiger partial charge on any atom is -0.444 e. The Hall–Kier alpha value is -4.41. The Morgan fingerprint density at radius 1 is 1.06 bits per heavy atom. The number of anilines is 1. The maximum atomic E-state index is 12.5. The van der Waals surface area contributed by atoms with Gasteiger partial charge in [-0.3, -0.25) is 9.48 Å².